The molecule has 0 aromatic heterocycles. The van der Waals surface area contributed by atoms with Gasteiger partial charge in [0.05, 0.1) is 6.54 Å². The molecule has 0 aromatic rings. The molecular weight excluding hydrogens is 198 g/mol. The lowest BCUT2D eigenvalue weighted by Gasteiger charge is -2.45. The van der Waals surface area contributed by atoms with E-state index in [-0.39, 0.29) is 0 Å². The first kappa shape index (κ1) is 10.5. The molecule has 0 saturated heterocycles. The molecule has 5 unspecified atom stereocenters. The molecule has 5 atom stereocenters. The van der Waals surface area contributed by atoms with E-state index in [4.69, 9.17) is 0 Å². The Morgan fingerprint density at radius 1 is 1.38 bits per heavy atom. The summed E-state index contributed by atoms with van der Waals surface area (Å²) in [6, 6.07) is 0. The zero-order valence-electron chi connectivity index (χ0n) is 10.1. The van der Waals surface area contributed by atoms with Crippen LogP contribution in [0.4, 0.5) is 0 Å². The maximum Gasteiger partial charge on any atom is 0.234 e. The van der Waals surface area contributed by atoms with Crippen molar-refractivity contribution in [1.29, 1.82) is 0 Å². The summed E-state index contributed by atoms with van der Waals surface area (Å²) in [6.45, 7) is 3.18. The molecule has 0 aliphatic heterocycles. The minimum Gasteiger partial charge on any atom is -0.211 e. The van der Waals surface area contributed by atoms with E-state index in [2.05, 4.69) is 11.9 Å². The van der Waals surface area contributed by atoms with E-state index in [9.17, 15) is 4.79 Å². The van der Waals surface area contributed by atoms with Crippen molar-refractivity contribution in [3.05, 3.63) is 0 Å². The van der Waals surface area contributed by atoms with Gasteiger partial charge in [-0.3, -0.25) is 0 Å². The summed E-state index contributed by atoms with van der Waals surface area (Å²) in [5, 5.41) is 0. The number of isocyanates is 1. The molecule has 0 aromatic carbocycles. The molecule has 2 bridgehead atoms. The van der Waals surface area contributed by atoms with Gasteiger partial charge in [0, 0.05) is 0 Å². The van der Waals surface area contributed by atoms with E-state index >= 15 is 0 Å². The van der Waals surface area contributed by atoms with E-state index in [0.29, 0.717) is 5.41 Å². The molecule has 88 valence electrons. The lowest BCUT2D eigenvalue weighted by Crippen LogP contribution is -2.39. The van der Waals surface area contributed by atoms with Crippen molar-refractivity contribution in [2.45, 2.75) is 45.4 Å². The summed E-state index contributed by atoms with van der Waals surface area (Å²) in [6.07, 6.45) is 10.1. The van der Waals surface area contributed by atoms with Gasteiger partial charge in [-0.25, -0.2) is 9.79 Å². The van der Waals surface area contributed by atoms with Gasteiger partial charge >= 0.3 is 0 Å². The Labute approximate surface area is 97.5 Å². The highest BCUT2D eigenvalue weighted by Crippen LogP contribution is 2.65. The van der Waals surface area contributed by atoms with Crippen LogP contribution in [0.2, 0.25) is 0 Å². The third-order valence-electron chi connectivity index (χ3n) is 5.72. The quantitative estimate of drug-likeness (QED) is 0.518. The van der Waals surface area contributed by atoms with Crippen molar-refractivity contribution in [2.24, 2.45) is 34.1 Å². The number of nitrogens with zero attached hydrogens (tertiary/aromatic N) is 1. The van der Waals surface area contributed by atoms with E-state index in [0.717, 1.165) is 30.2 Å². The van der Waals surface area contributed by atoms with Gasteiger partial charge in [0.2, 0.25) is 6.08 Å². The molecule has 2 heteroatoms. The van der Waals surface area contributed by atoms with Crippen molar-refractivity contribution >= 4 is 6.08 Å². The minimum absolute atomic E-state index is 0.395. The van der Waals surface area contributed by atoms with Crippen LogP contribution < -0.4 is 0 Å². The Kier molecular flexibility index (Phi) is 2.43. The number of fused-ring (bicyclic) bond motifs is 5. The highest BCUT2D eigenvalue weighted by Gasteiger charge is 2.59. The van der Waals surface area contributed by atoms with Crippen molar-refractivity contribution < 1.29 is 4.79 Å². The standard InChI is InChI=1S/C14H21NO/c1-10-3-2-4-12-11-5-6-14(7-11,13(10)12)8-15-9-16/h10-13H,2-8H2,1H3. The highest BCUT2D eigenvalue weighted by atomic mass is 16.1. The fourth-order valence-electron chi connectivity index (χ4n) is 5.35. The molecule has 0 heterocycles. The average Bonchev–Trinajstić information content (AvgIpc) is 2.84. The van der Waals surface area contributed by atoms with E-state index in [1.165, 1.54) is 38.5 Å². The third-order valence-corrected chi connectivity index (χ3v) is 5.72. The highest BCUT2D eigenvalue weighted by molar-refractivity contribution is 5.33. The van der Waals surface area contributed by atoms with Crippen molar-refractivity contribution in [2.75, 3.05) is 6.54 Å². The minimum atomic E-state index is 0.395. The number of hydrogen-bond donors (Lipinski definition) is 0. The fourth-order valence-corrected chi connectivity index (χ4v) is 5.35. The van der Waals surface area contributed by atoms with Crippen LogP contribution in [0.1, 0.15) is 45.4 Å². The van der Waals surface area contributed by atoms with Gasteiger partial charge in [0.15, 0.2) is 0 Å². The van der Waals surface area contributed by atoms with Crippen LogP contribution in [-0.2, 0) is 4.79 Å². The Hall–Kier alpha value is -0.620. The molecule has 3 aliphatic carbocycles. The summed E-state index contributed by atoms with van der Waals surface area (Å²) in [7, 11) is 0. The molecule has 3 fully saturated rings. The van der Waals surface area contributed by atoms with Gasteiger partial charge in [-0.15, -0.1) is 0 Å². The van der Waals surface area contributed by atoms with E-state index in [1.54, 1.807) is 6.08 Å². The number of carbonyl (C=O) groups excluding carboxylic acids is 1. The molecule has 16 heavy (non-hydrogen) atoms. The lowest BCUT2D eigenvalue weighted by atomic mass is 9.60. The zero-order valence-corrected chi connectivity index (χ0v) is 10.1. The molecule has 3 aliphatic rings. The molecular formula is C14H21NO. The molecule has 0 amide bonds. The Balaban J connectivity index is 1.89. The predicted molar refractivity (Wildman–Crippen MR) is 62.8 cm³/mol. The van der Waals surface area contributed by atoms with Crippen molar-refractivity contribution in [1.82, 2.24) is 0 Å². The summed E-state index contributed by atoms with van der Waals surface area (Å²) in [4.78, 5) is 14.3. The number of hydrogen-bond acceptors (Lipinski definition) is 2. The second kappa shape index (κ2) is 3.70. The largest absolute Gasteiger partial charge is 0.234 e. The second-order valence-electron chi connectivity index (χ2n) is 6.37. The SMILES string of the molecule is CC1CCCC2C3CCC(CN=C=O)(C3)C12. The van der Waals surface area contributed by atoms with Gasteiger partial charge in [-0.1, -0.05) is 19.8 Å². The fraction of sp³-hybridized carbons (Fsp3) is 0.929. The van der Waals surface area contributed by atoms with Crippen LogP contribution in [0.15, 0.2) is 4.99 Å². The van der Waals surface area contributed by atoms with Crippen molar-refractivity contribution in [3.8, 4) is 0 Å². The van der Waals surface area contributed by atoms with Gasteiger partial charge in [-0.05, 0) is 54.8 Å². The van der Waals surface area contributed by atoms with Crippen LogP contribution in [0, 0.1) is 29.1 Å². The third kappa shape index (κ3) is 1.32. The van der Waals surface area contributed by atoms with Crippen LogP contribution >= 0.6 is 0 Å². The van der Waals surface area contributed by atoms with Gasteiger partial charge in [0.1, 0.15) is 0 Å². The topological polar surface area (TPSA) is 29.4 Å². The maximum atomic E-state index is 10.4. The van der Waals surface area contributed by atoms with Gasteiger partial charge in [-0.2, -0.15) is 0 Å². The van der Waals surface area contributed by atoms with Crippen LogP contribution in [0.25, 0.3) is 0 Å². The Bertz CT molecular complexity index is 334. The first-order chi connectivity index (χ1) is 7.77. The zero-order chi connectivity index (χ0) is 11.2. The van der Waals surface area contributed by atoms with Crippen LogP contribution in [0.3, 0.4) is 0 Å². The van der Waals surface area contributed by atoms with E-state index in [1.807, 2.05) is 0 Å². The Morgan fingerprint density at radius 3 is 3.06 bits per heavy atom. The normalized spacial score (nSPS) is 49.8. The molecule has 0 N–H and O–H groups in total. The van der Waals surface area contributed by atoms with Crippen LogP contribution in [-0.4, -0.2) is 12.6 Å². The molecule has 0 spiro atoms. The summed E-state index contributed by atoms with van der Waals surface area (Å²) in [5.41, 5.74) is 0.395. The van der Waals surface area contributed by atoms with E-state index < -0.39 is 0 Å². The monoisotopic (exact) mass is 219 g/mol. The van der Waals surface area contributed by atoms with Gasteiger partial charge in [0.25, 0.3) is 0 Å². The first-order valence-corrected chi connectivity index (χ1v) is 6.80. The van der Waals surface area contributed by atoms with Crippen LogP contribution in [0.5, 0.6) is 0 Å². The average molecular weight is 219 g/mol. The Morgan fingerprint density at radius 2 is 2.25 bits per heavy atom. The molecule has 2 nitrogen and oxygen atoms in total. The predicted octanol–water partition coefficient (Wildman–Crippen LogP) is 3.17. The first-order valence-electron chi connectivity index (χ1n) is 6.80. The number of rotatable bonds is 2. The molecule has 3 rings (SSSR count). The maximum absolute atomic E-state index is 10.4. The van der Waals surface area contributed by atoms with Crippen molar-refractivity contribution in [3.63, 3.8) is 0 Å². The molecule has 0 radical (unpaired) electrons. The summed E-state index contributed by atoms with van der Waals surface area (Å²) < 4.78 is 0. The molecule has 3 saturated carbocycles. The smallest absolute Gasteiger partial charge is 0.211 e. The summed E-state index contributed by atoms with van der Waals surface area (Å²) >= 11 is 0. The lowest BCUT2D eigenvalue weighted by molar-refractivity contribution is 0.0463. The van der Waals surface area contributed by atoms with Gasteiger partial charge < -0.3 is 0 Å². The summed E-state index contributed by atoms with van der Waals surface area (Å²) in [5.74, 6) is 3.62. The second-order valence-corrected chi connectivity index (χ2v) is 6.37. The number of aliphatic imine (C=N–C) groups is 1.